The Morgan fingerprint density at radius 2 is 1.77 bits per heavy atom. The molecular weight excluding hydrogens is 415 g/mol. The Hall–Kier alpha value is -2.84. The first-order chi connectivity index (χ1) is 14.9. The molecule has 162 valence electrons. The number of hydrogen-bond donors (Lipinski definition) is 0. The molecule has 0 amide bonds. The number of benzene rings is 2. The number of hydrogen-bond acceptors (Lipinski definition) is 5. The van der Waals surface area contributed by atoms with Gasteiger partial charge in [0.2, 0.25) is 16.0 Å². The molecule has 1 aromatic heterocycles. The molecule has 1 fully saturated rings. The second kappa shape index (κ2) is 8.72. The summed E-state index contributed by atoms with van der Waals surface area (Å²) < 4.78 is 41.4. The van der Waals surface area contributed by atoms with Crippen molar-refractivity contribution in [2.75, 3.05) is 32.1 Å². The van der Waals surface area contributed by atoms with Gasteiger partial charge in [0, 0.05) is 44.9 Å². The SMILES string of the molecule is CN(C)c1ncc(-c2ccc(F)cc2)c([C@@H]2CCCN(S(=O)(=O)c3ccccc3)C2)n1. The lowest BCUT2D eigenvalue weighted by atomic mass is 9.91. The number of rotatable bonds is 5. The number of sulfonamides is 1. The largest absolute Gasteiger partial charge is 0.347 e. The maximum atomic E-state index is 13.5. The predicted molar refractivity (Wildman–Crippen MR) is 119 cm³/mol. The molecule has 3 aromatic rings. The van der Waals surface area contributed by atoms with Crippen molar-refractivity contribution < 1.29 is 12.8 Å². The van der Waals surface area contributed by atoms with Gasteiger partial charge in [0.15, 0.2) is 0 Å². The van der Waals surface area contributed by atoms with E-state index in [4.69, 9.17) is 4.98 Å². The normalized spacial score (nSPS) is 17.5. The first kappa shape index (κ1) is 21.4. The lowest BCUT2D eigenvalue weighted by Crippen LogP contribution is -2.39. The summed E-state index contributed by atoms with van der Waals surface area (Å²) in [6, 6.07) is 14.7. The molecule has 2 heterocycles. The van der Waals surface area contributed by atoms with Crippen molar-refractivity contribution >= 4 is 16.0 Å². The molecular formula is C23H25FN4O2S. The lowest BCUT2D eigenvalue weighted by Gasteiger charge is -2.32. The summed E-state index contributed by atoms with van der Waals surface area (Å²) in [5.74, 6) is 0.159. The van der Waals surface area contributed by atoms with Gasteiger partial charge in [-0.25, -0.2) is 22.8 Å². The zero-order valence-electron chi connectivity index (χ0n) is 17.6. The first-order valence-corrected chi connectivity index (χ1v) is 11.7. The highest BCUT2D eigenvalue weighted by Gasteiger charge is 2.33. The molecule has 4 rings (SSSR count). The molecule has 1 aliphatic rings. The van der Waals surface area contributed by atoms with Crippen molar-refractivity contribution in [2.45, 2.75) is 23.7 Å². The number of aromatic nitrogens is 2. The van der Waals surface area contributed by atoms with Gasteiger partial charge < -0.3 is 4.90 Å². The summed E-state index contributed by atoms with van der Waals surface area (Å²) in [7, 11) is 0.147. The molecule has 1 saturated heterocycles. The van der Waals surface area contributed by atoms with Crippen LogP contribution in [0.3, 0.4) is 0 Å². The van der Waals surface area contributed by atoms with Crippen LogP contribution in [0.25, 0.3) is 11.1 Å². The van der Waals surface area contributed by atoms with Crippen LogP contribution in [-0.2, 0) is 10.0 Å². The Balaban J connectivity index is 1.72. The van der Waals surface area contributed by atoms with Crippen LogP contribution in [-0.4, -0.2) is 49.9 Å². The van der Waals surface area contributed by atoms with Crippen molar-refractivity contribution in [3.8, 4) is 11.1 Å². The third-order valence-electron chi connectivity index (χ3n) is 5.51. The number of piperidine rings is 1. The van der Waals surface area contributed by atoms with Crippen LogP contribution < -0.4 is 4.90 Å². The van der Waals surface area contributed by atoms with E-state index in [1.54, 1.807) is 53.0 Å². The molecule has 8 heteroatoms. The van der Waals surface area contributed by atoms with Crippen LogP contribution in [0.4, 0.5) is 10.3 Å². The fraction of sp³-hybridized carbons (Fsp3) is 0.304. The van der Waals surface area contributed by atoms with E-state index >= 15 is 0 Å². The quantitative estimate of drug-likeness (QED) is 0.602. The van der Waals surface area contributed by atoms with E-state index in [2.05, 4.69) is 4.98 Å². The maximum absolute atomic E-state index is 13.5. The van der Waals surface area contributed by atoms with Crippen LogP contribution in [0, 0.1) is 5.82 Å². The van der Waals surface area contributed by atoms with Gasteiger partial charge >= 0.3 is 0 Å². The third-order valence-corrected chi connectivity index (χ3v) is 7.39. The lowest BCUT2D eigenvalue weighted by molar-refractivity contribution is 0.313. The van der Waals surface area contributed by atoms with Crippen LogP contribution in [0.2, 0.25) is 0 Å². The standard InChI is InChI=1S/C23H25FN4O2S/c1-27(2)23-25-15-21(17-10-12-19(24)13-11-17)22(26-23)18-7-6-14-28(16-18)31(29,30)20-8-4-3-5-9-20/h3-5,8-13,15,18H,6-7,14,16H2,1-2H3/t18-/m1/s1. The Labute approximate surface area is 182 Å². The smallest absolute Gasteiger partial charge is 0.243 e. The van der Waals surface area contributed by atoms with E-state index < -0.39 is 10.0 Å². The van der Waals surface area contributed by atoms with E-state index in [1.807, 2.05) is 19.0 Å². The average Bonchev–Trinajstić information content (AvgIpc) is 2.80. The van der Waals surface area contributed by atoms with Gasteiger partial charge in [0.05, 0.1) is 10.6 Å². The molecule has 0 spiro atoms. The fourth-order valence-electron chi connectivity index (χ4n) is 3.89. The molecule has 1 aliphatic heterocycles. The van der Waals surface area contributed by atoms with E-state index in [0.29, 0.717) is 23.9 Å². The van der Waals surface area contributed by atoms with E-state index in [-0.39, 0.29) is 11.7 Å². The van der Waals surface area contributed by atoms with E-state index in [9.17, 15) is 12.8 Å². The topological polar surface area (TPSA) is 66.4 Å². The van der Waals surface area contributed by atoms with Gasteiger partial charge in [-0.05, 0) is 42.7 Å². The third kappa shape index (κ3) is 4.45. The minimum absolute atomic E-state index is 0.0889. The van der Waals surface area contributed by atoms with Crippen LogP contribution >= 0.6 is 0 Å². The summed E-state index contributed by atoms with van der Waals surface area (Å²) in [5.41, 5.74) is 2.40. The maximum Gasteiger partial charge on any atom is 0.243 e. The summed E-state index contributed by atoms with van der Waals surface area (Å²) in [6.07, 6.45) is 3.30. The van der Waals surface area contributed by atoms with Gasteiger partial charge in [0.1, 0.15) is 5.82 Å². The van der Waals surface area contributed by atoms with Gasteiger partial charge in [-0.2, -0.15) is 4.31 Å². The minimum atomic E-state index is -3.58. The molecule has 1 atom stereocenters. The highest BCUT2D eigenvalue weighted by molar-refractivity contribution is 7.89. The highest BCUT2D eigenvalue weighted by atomic mass is 32.2. The van der Waals surface area contributed by atoms with Gasteiger partial charge in [-0.1, -0.05) is 30.3 Å². The fourth-order valence-corrected chi connectivity index (χ4v) is 5.43. The second-order valence-electron chi connectivity index (χ2n) is 7.89. The summed E-state index contributed by atoms with van der Waals surface area (Å²) in [6.45, 7) is 0.820. The highest BCUT2D eigenvalue weighted by Crippen LogP contribution is 2.35. The van der Waals surface area contributed by atoms with Crippen molar-refractivity contribution in [2.24, 2.45) is 0 Å². The zero-order chi connectivity index (χ0) is 22.0. The number of nitrogens with zero attached hydrogens (tertiary/aromatic N) is 4. The molecule has 0 unspecified atom stereocenters. The Morgan fingerprint density at radius 3 is 2.45 bits per heavy atom. The molecule has 6 nitrogen and oxygen atoms in total. The molecule has 0 N–H and O–H groups in total. The summed E-state index contributed by atoms with van der Waals surface area (Å²) in [4.78, 5) is 11.3. The van der Waals surface area contributed by atoms with Crippen molar-refractivity contribution in [3.63, 3.8) is 0 Å². The molecule has 0 aliphatic carbocycles. The molecule has 0 saturated carbocycles. The number of anilines is 1. The number of halogens is 1. The van der Waals surface area contributed by atoms with E-state index in [0.717, 1.165) is 29.7 Å². The van der Waals surface area contributed by atoms with Gasteiger partial charge in [-0.3, -0.25) is 0 Å². The van der Waals surface area contributed by atoms with Crippen LogP contribution in [0.15, 0.2) is 65.7 Å². The molecule has 2 aromatic carbocycles. The van der Waals surface area contributed by atoms with Crippen molar-refractivity contribution in [1.29, 1.82) is 0 Å². The Bertz CT molecular complexity index is 1150. The first-order valence-electron chi connectivity index (χ1n) is 10.2. The van der Waals surface area contributed by atoms with Gasteiger partial charge in [0.25, 0.3) is 0 Å². The molecule has 31 heavy (non-hydrogen) atoms. The van der Waals surface area contributed by atoms with Crippen LogP contribution in [0.1, 0.15) is 24.5 Å². The monoisotopic (exact) mass is 440 g/mol. The van der Waals surface area contributed by atoms with Crippen molar-refractivity contribution in [1.82, 2.24) is 14.3 Å². The second-order valence-corrected chi connectivity index (χ2v) is 9.82. The molecule has 0 radical (unpaired) electrons. The minimum Gasteiger partial charge on any atom is -0.347 e. The van der Waals surface area contributed by atoms with Crippen LogP contribution in [0.5, 0.6) is 0 Å². The summed E-state index contributed by atoms with van der Waals surface area (Å²) >= 11 is 0. The van der Waals surface area contributed by atoms with E-state index in [1.165, 1.54) is 12.1 Å². The molecule has 0 bridgehead atoms. The zero-order valence-corrected chi connectivity index (χ0v) is 18.4. The Morgan fingerprint density at radius 1 is 1.06 bits per heavy atom. The predicted octanol–water partition coefficient (Wildman–Crippen LogP) is 3.92. The van der Waals surface area contributed by atoms with Gasteiger partial charge in [-0.15, -0.1) is 0 Å². The Kier molecular flexibility index (Phi) is 6.02. The summed E-state index contributed by atoms with van der Waals surface area (Å²) in [5, 5.41) is 0. The van der Waals surface area contributed by atoms with Crippen molar-refractivity contribution in [3.05, 3.63) is 72.3 Å². The average molecular weight is 441 g/mol.